The van der Waals surface area contributed by atoms with Gasteiger partial charge in [0.05, 0.1) is 0 Å². The topological polar surface area (TPSA) is 26.0 Å². The van der Waals surface area contributed by atoms with Gasteiger partial charge in [-0.05, 0) is 51.7 Å². The summed E-state index contributed by atoms with van der Waals surface area (Å²) >= 11 is 3.40. The van der Waals surface area contributed by atoms with Crippen LogP contribution >= 0.6 is 15.9 Å². The highest BCUT2D eigenvalue weighted by molar-refractivity contribution is 9.10. The number of rotatable bonds is 1. The van der Waals surface area contributed by atoms with E-state index in [2.05, 4.69) is 41.1 Å². The van der Waals surface area contributed by atoms with Gasteiger partial charge >= 0.3 is 0 Å². The van der Waals surface area contributed by atoms with Crippen molar-refractivity contribution in [2.24, 2.45) is 0 Å². The van der Waals surface area contributed by atoms with E-state index >= 15 is 0 Å². The first-order chi connectivity index (χ1) is 7.18. The molecule has 0 aromatic heterocycles. The normalized spacial score (nSPS) is 10.3. The van der Waals surface area contributed by atoms with E-state index in [1.165, 1.54) is 11.1 Å². The van der Waals surface area contributed by atoms with Crippen LogP contribution in [0.25, 0.3) is 11.1 Å². The molecular formula is C13H12BrN. The summed E-state index contributed by atoms with van der Waals surface area (Å²) in [5.74, 6) is 0. The van der Waals surface area contributed by atoms with Crippen molar-refractivity contribution in [1.82, 2.24) is 0 Å². The highest BCUT2D eigenvalue weighted by Crippen LogP contribution is 2.28. The number of halogens is 1. The van der Waals surface area contributed by atoms with Crippen LogP contribution in [-0.4, -0.2) is 0 Å². The third-order valence-electron chi connectivity index (χ3n) is 2.45. The Kier molecular flexibility index (Phi) is 2.78. The molecule has 0 bridgehead atoms. The molecule has 76 valence electrons. The average molecular weight is 262 g/mol. The molecule has 0 spiro atoms. The Morgan fingerprint density at radius 3 is 2.47 bits per heavy atom. The van der Waals surface area contributed by atoms with Crippen molar-refractivity contribution in [2.75, 3.05) is 5.73 Å². The summed E-state index contributed by atoms with van der Waals surface area (Å²) in [4.78, 5) is 0. The highest BCUT2D eigenvalue weighted by Gasteiger charge is 2.02. The van der Waals surface area contributed by atoms with Crippen molar-refractivity contribution >= 4 is 21.6 Å². The van der Waals surface area contributed by atoms with E-state index in [-0.39, 0.29) is 0 Å². The van der Waals surface area contributed by atoms with Crippen molar-refractivity contribution in [3.63, 3.8) is 0 Å². The molecule has 15 heavy (non-hydrogen) atoms. The van der Waals surface area contributed by atoms with Crippen LogP contribution in [0.5, 0.6) is 0 Å². The zero-order valence-corrected chi connectivity index (χ0v) is 10.1. The molecule has 0 saturated carbocycles. The van der Waals surface area contributed by atoms with Gasteiger partial charge in [0, 0.05) is 10.2 Å². The zero-order valence-electron chi connectivity index (χ0n) is 8.50. The lowest BCUT2D eigenvalue weighted by atomic mass is 10.0. The molecule has 0 atom stereocenters. The van der Waals surface area contributed by atoms with Gasteiger partial charge < -0.3 is 5.73 Å². The minimum Gasteiger partial charge on any atom is -0.398 e. The molecule has 2 rings (SSSR count). The number of hydrogen-bond donors (Lipinski definition) is 1. The number of anilines is 1. The highest BCUT2D eigenvalue weighted by atomic mass is 79.9. The van der Waals surface area contributed by atoms with Gasteiger partial charge in [0.25, 0.3) is 0 Å². The Balaban J connectivity index is 2.55. The average Bonchev–Trinajstić information content (AvgIpc) is 2.23. The van der Waals surface area contributed by atoms with Crippen LogP contribution < -0.4 is 5.73 Å². The summed E-state index contributed by atoms with van der Waals surface area (Å²) in [5, 5.41) is 0. The molecule has 0 radical (unpaired) electrons. The Hall–Kier alpha value is -1.28. The van der Waals surface area contributed by atoms with Crippen molar-refractivity contribution in [1.29, 1.82) is 0 Å². The Morgan fingerprint density at radius 2 is 1.80 bits per heavy atom. The van der Waals surface area contributed by atoms with Crippen LogP contribution in [0.15, 0.2) is 46.9 Å². The second-order valence-electron chi connectivity index (χ2n) is 3.55. The van der Waals surface area contributed by atoms with Crippen LogP contribution in [0.2, 0.25) is 0 Å². The van der Waals surface area contributed by atoms with Crippen LogP contribution in [0.4, 0.5) is 5.69 Å². The monoisotopic (exact) mass is 261 g/mol. The molecule has 0 heterocycles. The first kappa shape index (κ1) is 10.2. The lowest BCUT2D eigenvalue weighted by molar-refractivity contribution is 1.46. The Bertz CT molecular complexity index is 492. The molecule has 2 aromatic carbocycles. The molecule has 0 saturated heterocycles. The van der Waals surface area contributed by atoms with Crippen molar-refractivity contribution in [3.8, 4) is 11.1 Å². The molecule has 0 unspecified atom stereocenters. The number of aryl methyl sites for hydroxylation is 1. The van der Waals surface area contributed by atoms with Crippen LogP contribution in [0, 0.1) is 6.92 Å². The molecule has 0 aliphatic heterocycles. The minimum atomic E-state index is 0.774. The van der Waals surface area contributed by atoms with Crippen molar-refractivity contribution in [2.45, 2.75) is 6.92 Å². The first-order valence-corrected chi connectivity index (χ1v) is 5.59. The maximum absolute atomic E-state index is 5.86. The maximum Gasteiger partial charge on any atom is 0.0464 e. The number of nitrogen functional groups attached to an aromatic ring is 1. The molecule has 0 aliphatic carbocycles. The van der Waals surface area contributed by atoms with Gasteiger partial charge in [-0.25, -0.2) is 0 Å². The second kappa shape index (κ2) is 4.07. The van der Waals surface area contributed by atoms with Crippen LogP contribution in [-0.2, 0) is 0 Å². The predicted molar refractivity (Wildman–Crippen MR) is 68.7 cm³/mol. The van der Waals surface area contributed by atoms with E-state index in [4.69, 9.17) is 5.73 Å². The van der Waals surface area contributed by atoms with E-state index < -0.39 is 0 Å². The molecule has 2 aromatic rings. The van der Waals surface area contributed by atoms with Crippen LogP contribution in [0.1, 0.15) is 5.56 Å². The molecule has 0 aliphatic rings. The summed E-state index contributed by atoms with van der Waals surface area (Å²) in [5.41, 5.74) is 10.3. The zero-order chi connectivity index (χ0) is 10.8. The second-order valence-corrected chi connectivity index (χ2v) is 4.41. The van der Waals surface area contributed by atoms with Gasteiger partial charge in [-0.15, -0.1) is 0 Å². The molecule has 2 heteroatoms. The van der Waals surface area contributed by atoms with Gasteiger partial charge in [0.2, 0.25) is 0 Å². The van der Waals surface area contributed by atoms with Crippen molar-refractivity contribution < 1.29 is 0 Å². The third kappa shape index (κ3) is 2.05. The predicted octanol–water partition coefficient (Wildman–Crippen LogP) is 4.01. The standard InChI is InChI=1S/C13H12BrN/c1-9-4-2-3-5-11(9)10-6-7-12(14)13(15)8-10/h2-8H,15H2,1H3. The van der Waals surface area contributed by atoms with E-state index in [1.54, 1.807) is 0 Å². The number of benzene rings is 2. The van der Waals surface area contributed by atoms with E-state index in [0.29, 0.717) is 0 Å². The van der Waals surface area contributed by atoms with Crippen molar-refractivity contribution in [3.05, 3.63) is 52.5 Å². The maximum atomic E-state index is 5.86. The fourth-order valence-electron chi connectivity index (χ4n) is 1.61. The summed E-state index contributed by atoms with van der Waals surface area (Å²) < 4.78 is 0.944. The summed E-state index contributed by atoms with van der Waals surface area (Å²) in [6.45, 7) is 2.10. The molecular weight excluding hydrogens is 250 g/mol. The molecule has 0 fully saturated rings. The van der Waals surface area contributed by atoms with E-state index in [1.807, 2.05) is 24.3 Å². The Labute approximate surface area is 98.1 Å². The summed E-state index contributed by atoms with van der Waals surface area (Å²) in [6, 6.07) is 14.3. The summed E-state index contributed by atoms with van der Waals surface area (Å²) in [6.07, 6.45) is 0. The molecule has 2 N–H and O–H groups in total. The smallest absolute Gasteiger partial charge is 0.0464 e. The Morgan fingerprint density at radius 1 is 1.07 bits per heavy atom. The largest absolute Gasteiger partial charge is 0.398 e. The molecule has 0 amide bonds. The fourth-order valence-corrected chi connectivity index (χ4v) is 1.85. The minimum absolute atomic E-state index is 0.774. The molecule has 1 nitrogen and oxygen atoms in total. The van der Waals surface area contributed by atoms with Gasteiger partial charge in [-0.3, -0.25) is 0 Å². The van der Waals surface area contributed by atoms with Gasteiger partial charge in [-0.2, -0.15) is 0 Å². The van der Waals surface area contributed by atoms with Crippen LogP contribution in [0.3, 0.4) is 0 Å². The lowest BCUT2D eigenvalue weighted by Gasteiger charge is -2.07. The van der Waals surface area contributed by atoms with E-state index in [9.17, 15) is 0 Å². The van der Waals surface area contributed by atoms with Gasteiger partial charge in [0.15, 0.2) is 0 Å². The SMILES string of the molecule is Cc1ccccc1-c1ccc(Br)c(N)c1. The quantitative estimate of drug-likeness (QED) is 0.772. The van der Waals surface area contributed by atoms with E-state index in [0.717, 1.165) is 15.7 Å². The van der Waals surface area contributed by atoms with Gasteiger partial charge in [0.1, 0.15) is 0 Å². The summed E-state index contributed by atoms with van der Waals surface area (Å²) in [7, 11) is 0. The fraction of sp³-hybridized carbons (Fsp3) is 0.0769. The third-order valence-corrected chi connectivity index (χ3v) is 3.17. The lowest BCUT2D eigenvalue weighted by Crippen LogP contribution is -1.88. The number of nitrogens with two attached hydrogens (primary N) is 1. The number of hydrogen-bond acceptors (Lipinski definition) is 1. The first-order valence-electron chi connectivity index (χ1n) is 4.79. The van der Waals surface area contributed by atoms with Gasteiger partial charge in [-0.1, -0.05) is 30.3 Å².